The fourth-order valence-corrected chi connectivity index (χ4v) is 4.77. The number of nitrogens with one attached hydrogen (secondary N) is 2. The van der Waals surface area contributed by atoms with Gasteiger partial charge in [0.25, 0.3) is 0 Å². The molecule has 2 unspecified atom stereocenters. The summed E-state index contributed by atoms with van der Waals surface area (Å²) in [5.74, 6) is 1.76. The average Bonchev–Trinajstić information content (AvgIpc) is 3.10. The molecule has 0 aromatic heterocycles. The number of hydrogen-bond acceptors (Lipinski definition) is 3. The SMILES string of the molecule is CC1(C)CCC(CN2CCCC(CNC(=O)C3CCCN3)C2)CC1.Cl. The van der Waals surface area contributed by atoms with Gasteiger partial charge in [-0.25, -0.2) is 0 Å². The molecular weight excluding hydrogens is 334 g/mol. The molecule has 0 spiro atoms. The number of amides is 1. The Morgan fingerprint density at radius 3 is 2.56 bits per heavy atom. The van der Waals surface area contributed by atoms with Crippen LogP contribution in [0.4, 0.5) is 0 Å². The lowest BCUT2D eigenvalue weighted by Crippen LogP contribution is -2.46. The van der Waals surface area contributed by atoms with Gasteiger partial charge in [-0.1, -0.05) is 13.8 Å². The molecule has 2 atom stereocenters. The van der Waals surface area contributed by atoms with E-state index in [1.54, 1.807) is 0 Å². The van der Waals surface area contributed by atoms with Crippen LogP contribution in [0.25, 0.3) is 0 Å². The van der Waals surface area contributed by atoms with Gasteiger partial charge in [0.2, 0.25) is 5.91 Å². The number of rotatable bonds is 5. The standard InChI is InChI=1S/C20H37N3O.ClH/c1-20(2)9-7-16(8-10-20)14-23-12-4-5-17(15-23)13-22-19(24)18-6-3-11-21-18;/h16-18,21H,3-15H2,1-2H3,(H,22,24);1H. The molecule has 1 aliphatic carbocycles. The highest BCUT2D eigenvalue weighted by molar-refractivity contribution is 5.85. The van der Waals surface area contributed by atoms with Crippen LogP contribution in [0.2, 0.25) is 0 Å². The van der Waals surface area contributed by atoms with E-state index in [-0.39, 0.29) is 24.4 Å². The van der Waals surface area contributed by atoms with Gasteiger partial charge < -0.3 is 15.5 Å². The normalized spacial score (nSPS) is 30.6. The van der Waals surface area contributed by atoms with Crippen LogP contribution >= 0.6 is 12.4 Å². The highest BCUT2D eigenvalue weighted by Crippen LogP contribution is 2.38. The Bertz CT molecular complexity index is 413. The first kappa shape index (κ1) is 21.0. The van der Waals surface area contributed by atoms with E-state index >= 15 is 0 Å². The van der Waals surface area contributed by atoms with E-state index in [1.807, 2.05) is 0 Å². The van der Waals surface area contributed by atoms with Crippen LogP contribution in [0, 0.1) is 17.3 Å². The first-order valence-corrected chi connectivity index (χ1v) is 10.3. The van der Waals surface area contributed by atoms with Crippen molar-refractivity contribution in [2.75, 3.05) is 32.7 Å². The molecule has 2 saturated heterocycles. The summed E-state index contributed by atoms with van der Waals surface area (Å²) in [6.07, 6.45) is 10.3. The monoisotopic (exact) mass is 371 g/mol. The number of carbonyl (C=O) groups excluding carboxylic acids is 1. The third-order valence-electron chi connectivity index (χ3n) is 6.52. The number of carbonyl (C=O) groups is 1. The Morgan fingerprint density at radius 2 is 1.88 bits per heavy atom. The maximum Gasteiger partial charge on any atom is 0.237 e. The van der Waals surface area contributed by atoms with Crippen LogP contribution in [0.3, 0.4) is 0 Å². The highest BCUT2D eigenvalue weighted by Gasteiger charge is 2.29. The van der Waals surface area contributed by atoms with Gasteiger partial charge in [-0.3, -0.25) is 4.79 Å². The summed E-state index contributed by atoms with van der Waals surface area (Å²) in [6.45, 7) is 10.4. The molecule has 0 aromatic carbocycles. The minimum atomic E-state index is 0. The molecule has 0 radical (unpaired) electrons. The minimum absolute atomic E-state index is 0. The van der Waals surface area contributed by atoms with Gasteiger partial charge in [0, 0.05) is 19.6 Å². The van der Waals surface area contributed by atoms with Crippen molar-refractivity contribution in [3.8, 4) is 0 Å². The van der Waals surface area contributed by atoms with Gasteiger partial charge in [-0.15, -0.1) is 12.4 Å². The maximum atomic E-state index is 12.2. The van der Waals surface area contributed by atoms with Crippen molar-refractivity contribution >= 4 is 18.3 Å². The Labute approximate surface area is 160 Å². The summed E-state index contributed by atoms with van der Waals surface area (Å²) in [5, 5.41) is 6.49. The van der Waals surface area contributed by atoms with E-state index in [2.05, 4.69) is 29.4 Å². The van der Waals surface area contributed by atoms with E-state index in [1.165, 1.54) is 58.2 Å². The quantitative estimate of drug-likeness (QED) is 0.779. The zero-order chi connectivity index (χ0) is 17.0. The Morgan fingerprint density at radius 1 is 1.12 bits per heavy atom. The van der Waals surface area contributed by atoms with E-state index in [0.717, 1.165) is 31.8 Å². The van der Waals surface area contributed by atoms with Crippen LogP contribution in [0.5, 0.6) is 0 Å². The third-order valence-corrected chi connectivity index (χ3v) is 6.52. The van der Waals surface area contributed by atoms with Gasteiger partial charge in [0.1, 0.15) is 0 Å². The Balaban J connectivity index is 0.00000225. The van der Waals surface area contributed by atoms with Crippen molar-refractivity contribution in [1.29, 1.82) is 0 Å². The van der Waals surface area contributed by atoms with Crippen LogP contribution in [0.15, 0.2) is 0 Å². The molecule has 146 valence electrons. The predicted molar refractivity (Wildman–Crippen MR) is 106 cm³/mol. The molecule has 4 nitrogen and oxygen atoms in total. The van der Waals surface area contributed by atoms with E-state index in [0.29, 0.717) is 11.3 Å². The fraction of sp³-hybridized carbons (Fsp3) is 0.950. The summed E-state index contributed by atoms with van der Waals surface area (Å²) in [4.78, 5) is 14.8. The van der Waals surface area contributed by atoms with Crippen molar-refractivity contribution < 1.29 is 4.79 Å². The fourth-order valence-electron chi connectivity index (χ4n) is 4.77. The van der Waals surface area contributed by atoms with E-state index in [9.17, 15) is 4.79 Å². The molecule has 1 amide bonds. The lowest BCUT2D eigenvalue weighted by Gasteiger charge is -2.39. The molecule has 3 fully saturated rings. The second-order valence-corrected chi connectivity index (χ2v) is 9.27. The zero-order valence-electron chi connectivity index (χ0n) is 16.2. The third kappa shape index (κ3) is 6.41. The maximum absolute atomic E-state index is 12.2. The molecule has 3 aliphatic rings. The summed E-state index contributed by atoms with van der Waals surface area (Å²) in [5.41, 5.74) is 0.569. The molecule has 3 rings (SSSR count). The van der Waals surface area contributed by atoms with Crippen molar-refractivity contribution in [2.45, 2.75) is 71.3 Å². The van der Waals surface area contributed by atoms with Crippen molar-refractivity contribution in [3.63, 3.8) is 0 Å². The van der Waals surface area contributed by atoms with Crippen LogP contribution in [-0.4, -0.2) is 49.6 Å². The largest absolute Gasteiger partial charge is 0.354 e. The van der Waals surface area contributed by atoms with Crippen LogP contribution in [-0.2, 0) is 4.79 Å². The number of likely N-dealkylation sites (tertiary alicyclic amines) is 1. The van der Waals surface area contributed by atoms with Crippen molar-refractivity contribution in [1.82, 2.24) is 15.5 Å². The molecule has 2 N–H and O–H groups in total. The van der Waals surface area contributed by atoms with Gasteiger partial charge in [-0.05, 0) is 81.7 Å². The average molecular weight is 372 g/mol. The van der Waals surface area contributed by atoms with Gasteiger partial charge in [0.15, 0.2) is 0 Å². The lowest BCUT2D eigenvalue weighted by atomic mass is 9.73. The van der Waals surface area contributed by atoms with E-state index < -0.39 is 0 Å². The first-order chi connectivity index (χ1) is 11.5. The topological polar surface area (TPSA) is 44.4 Å². The summed E-state index contributed by atoms with van der Waals surface area (Å²) < 4.78 is 0. The number of nitrogens with zero attached hydrogens (tertiary/aromatic N) is 1. The summed E-state index contributed by atoms with van der Waals surface area (Å²) in [7, 11) is 0. The Hall–Kier alpha value is -0.320. The molecule has 5 heteroatoms. The second kappa shape index (κ2) is 9.57. The molecule has 0 aromatic rings. The van der Waals surface area contributed by atoms with Crippen LogP contribution in [0.1, 0.15) is 65.2 Å². The second-order valence-electron chi connectivity index (χ2n) is 9.27. The van der Waals surface area contributed by atoms with Gasteiger partial charge >= 0.3 is 0 Å². The zero-order valence-corrected chi connectivity index (χ0v) is 17.0. The van der Waals surface area contributed by atoms with Crippen molar-refractivity contribution in [3.05, 3.63) is 0 Å². The molecular formula is C20H38ClN3O. The van der Waals surface area contributed by atoms with Crippen LogP contribution < -0.4 is 10.6 Å². The molecule has 0 bridgehead atoms. The molecule has 2 aliphatic heterocycles. The predicted octanol–water partition coefficient (Wildman–Crippen LogP) is 3.20. The van der Waals surface area contributed by atoms with E-state index in [4.69, 9.17) is 0 Å². The number of hydrogen-bond donors (Lipinski definition) is 2. The van der Waals surface area contributed by atoms with Crippen molar-refractivity contribution in [2.24, 2.45) is 17.3 Å². The smallest absolute Gasteiger partial charge is 0.237 e. The Kier molecular flexibility index (Phi) is 8.03. The number of halogens is 1. The molecule has 2 heterocycles. The molecule has 1 saturated carbocycles. The first-order valence-electron chi connectivity index (χ1n) is 10.3. The van der Waals surface area contributed by atoms with Gasteiger partial charge in [-0.2, -0.15) is 0 Å². The summed E-state index contributed by atoms with van der Waals surface area (Å²) in [6, 6.07) is 0.0651. The minimum Gasteiger partial charge on any atom is -0.354 e. The lowest BCUT2D eigenvalue weighted by molar-refractivity contribution is -0.123. The molecule has 25 heavy (non-hydrogen) atoms. The van der Waals surface area contributed by atoms with Gasteiger partial charge in [0.05, 0.1) is 6.04 Å². The highest BCUT2D eigenvalue weighted by atomic mass is 35.5. The summed E-state index contributed by atoms with van der Waals surface area (Å²) >= 11 is 0. The number of piperidine rings is 1.